The van der Waals surface area contributed by atoms with Crippen LogP contribution in [0.5, 0.6) is 5.75 Å². The topological polar surface area (TPSA) is 48.3 Å². The van der Waals surface area contributed by atoms with Crippen molar-refractivity contribution in [2.24, 2.45) is 0 Å². The van der Waals surface area contributed by atoms with E-state index in [4.69, 9.17) is 4.74 Å². The Morgan fingerprint density at radius 1 is 0.833 bits per heavy atom. The molecule has 0 fully saturated rings. The van der Waals surface area contributed by atoms with E-state index in [1.165, 1.54) is 32.1 Å². The first-order chi connectivity index (χ1) is 17.5. The number of fused-ring (bicyclic) bond motifs is 3. The van der Waals surface area contributed by atoms with Gasteiger partial charge in [-0.2, -0.15) is 0 Å². The fraction of sp³-hybridized carbons (Fsp3) is 0.312. The number of carbonyl (C=O) groups excluding carboxylic acids is 2. The minimum Gasteiger partial charge on any atom is -0.497 e. The second-order valence-corrected chi connectivity index (χ2v) is 9.41. The molecule has 0 saturated carbocycles. The summed E-state index contributed by atoms with van der Waals surface area (Å²) in [7, 11) is 1.63. The largest absolute Gasteiger partial charge is 0.497 e. The lowest BCUT2D eigenvalue weighted by Gasteiger charge is -2.08. The second kappa shape index (κ2) is 11.9. The molecule has 1 aromatic heterocycles. The fourth-order valence-electron chi connectivity index (χ4n) is 4.78. The first kappa shape index (κ1) is 25.4. The van der Waals surface area contributed by atoms with E-state index in [0.717, 1.165) is 46.1 Å². The number of aromatic nitrogens is 1. The number of hydrogen-bond donors (Lipinski definition) is 0. The number of methoxy groups -OCH3 is 1. The molecule has 0 aliphatic rings. The summed E-state index contributed by atoms with van der Waals surface area (Å²) >= 11 is 0. The van der Waals surface area contributed by atoms with Gasteiger partial charge in [0, 0.05) is 39.5 Å². The smallest absolute Gasteiger partial charge is 0.185 e. The maximum atomic E-state index is 13.1. The number of Topliss-reactive ketones (excluding diaryl/α,β-unsaturated/α-hetero) is 1. The molecule has 4 heteroatoms. The quantitative estimate of drug-likeness (QED) is 0.116. The Morgan fingerprint density at radius 2 is 1.50 bits per heavy atom. The van der Waals surface area contributed by atoms with E-state index in [9.17, 15) is 9.59 Å². The second-order valence-electron chi connectivity index (χ2n) is 9.41. The molecule has 3 aromatic carbocycles. The van der Waals surface area contributed by atoms with Crippen molar-refractivity contribution in [1.82, 2.24) is 4.57 Å². The minimum atomic E-state index is -0.0562. The molecule has 0 atom stereocenters. The SMILES string of the molecule is CCCCCCCCn1c2ccc(C(C)=O)cc2c2cc(C(=O)/C=C/c3cccc(OC)c3)ccc21. The third kappa shape index (κ3) is 5.76. The Balaban J connectivity index is 1.66. The number of nitrogens with zero attached hydrogens (tertiary/aromatic N) is 1. The maximum Gasteiger partial charge on any atom is 0.185 e. The Labute approximate surface area is 213 Å². The molecular weight excluding hydrogens is 446 g/mol. The van der Waals surface area contributed by atoms with Gasteiger partial charge in [-0.3, -0.25) is 9.59 Å². The maximum absolute atomic E-state index is 13.1. The van der Waals surface area contributed by atoms with Crippen LogP contribution in [0, 0.1) is 0 Å². The number of carbonyl (C=O) groups is 2. The van der Waals surface area contributed by atoms with Crippen molar-refractivity contribution >= 4 is 39.4 Å². The number of hydrogen-bond acceptors (Lipinski definition) is 3. The molecule has 0 N–H and O–H groups in total. The highest BCUT2D eigenvalue weighted by Crippen LogP contribution is 2.32. The molecule has 0 spiro atoms. The van der Waals surface area contributed by atoms with Crippen LogP contribution in [0.2, 0.25) is 0 Å². The molecule has 1 heterocycles. The summed E-state index contributed by atoms with van der Waals surface area (Å²) in [5.41, 5.74) is 4.45. The highest BCUT2D eigenvalue weighted by Gasteiger charge is 2.14. The molecule has 4 rings (SSSR count). The average Bonchev–Trinajstić information content (AvgIpc) is 3.21. The van der Waals surface area contributed by atoms with Crippen molar-refractivity contribution in [3.63, 3.8) is 0 Å². The Morgan fingerprint density at radius 3 is 2.19 bits per heavy atom. The van der Waals surface area contributed by atoms with Crippen LogP contribution >= 0.6 is 0 Å². The number of aryl methyl sites for hydroxylation is 1. The average molecular weight is 482 g/mol. The summed E-state index contributed by atoms with van der Waals surface area (Å²) in [4.78, 5) is 25.1. The third-order valence-corrected chi connectivity index (χ3v) is 6.81. The zero-order valence-corrected chi connectivity index (χ0v) is 21.5. The van der Waals surface area contributed by atoms with E-state index in [2.05, 4.69) is 11.5 Å². The molecule has 4 aromatic rings. The highest BCUT2D eigenvalue weighted by molar-refractivity contribution is 6.14. The molecule has 0 saturated heterocycles. The molecule has 0 unspecified atom stereocenters. The standard InChI is InChI=1S/C32H35NO3/c1-4-5-6-7-8-9-19-33-30-16-14-25(23(2)34)21-28(30)29-22-26(15-17-31(29)33)32(35)18-13-24-11-10-12-27(20-24)36-3/h10-18,20-22H,4-9,19H2,1-3H3/b18-13+. The first-order valence-electron chi connectivity index (χ1n) is 12.9. The number of benzene rings is 3. The van der Waals surface area contributed by atoms with E-state index in [1.54, 1.807) is 20.1 Å². The number of rotatable bonds is 12. The van der Waals surface area contributed by atoms with Gasteiger partial charge in [-0.1, -0.05) is 57.2 Å². The van der Waals surface area contributed by atoms with Crippen molar-refractivity contribution in [1.29, 1.82) is 0 Å². The Bertz CT molecular complexity index is 1410. The molecule has 4 nitrogen and oxygen atoms in total. The number of ketones is 2. The molecule has 0 aliphatic carbocycles. The zero-order chi connectivity index (χ0) is 25.5. The van der Waals surface area contributed by atoms with Gasteiger partial charge in [0.1, 0.15) is 5.75 Å². The number of ether oxygens (including phenoxy) is 1. The molecular formula is C32H35NO3. The zero-order valence-electron chi connectivity index (χ0n) is 21.5. The van der Waals surface area contributed by atoms with Crippen LogP contribution in [-0.4, -0.2) is 23.2 Å². The number of allylic oxidation sites excluding steroid dienone is 1. The van der Waals surface area contributed by atoms with Crippen LogP contribution in [0.3, 0.4) is 0 Å². The van der Waals surface area contributed by atoms with E-state index in [-0.39, 0.29) is 11.6 Å². The predicted molar refractivity (Wildman–Crippen MR) is 149 cm³/mol. The van der Waals surface area contributed by atoms with Gasteiger partial charge in [0.2, 0.25) is 0 Å². The minimum absolute atomic E-state index is 0.0437. The molecule has 36 heavy (non-hydrogen) atoms. The summed E-state index contributed by atoms with van der Waals surface area (Å²) in [6.45, 7) is 4.75. The third-order valence-electron chi connectivity index (χ3n) is 6.81. The van der Waals surface area contributed by atoms with Crippen LogP contribution in [-0.2, 0) is 6.54 Å². The lowest BCUT2D eigenvalue weighted by Crippen LogP contribution is -1.99. The summed E-state index contributed by atoms with van der Waals surface area (Å²) in [6, 6.07) is 19.5. The van der Waals surface area contributed by atoms with Crippen LogP contribution in [0.4, 0.5) is 0 Å². The lowest BCUT2D eigenvalue weighted by molar-refractivity contribution is 0.101. The van der Waals surface area contributed by atoms with Crippen molar-refractivity contribution in [2.75, 3.05) is 7.11 Å². The fourth-order valence-corrected chi connectivity index (χ4v) is 4.78. The lowest BCUT2D eigenvalue weighted by atomic mass is 10.0. The van der Waals surface area contributed by atoms with E-state index >= 15 is 0 Å². The summed E-state index contributed by atoms with van der Waals surface area (Å²) < 4.78 is 7.61. The monoisotopic (exact) mass is 481 g/mol. The van der Waals surface area contributed by atoms with Crippen molar-refractivity contribution in [3.05, 3.63) is 83.4 Å². The predicted octanol–water partition coefficient (Wildman–Crippen LogP) is 8.26. The summed E-state index contributed by atoms with van der Waals surface area (Å²) in [5, 5.41) is 2.04. The molecule has 0 bridgehead atoms. The van der Waals surface area contributed by atoms with Crippen LogP contribution in [0.25, 0.3) is 27.9 Å². The number of unbranched alkanes of at least 4 members (excludes halogenated alkanes) is 5. The van der Waals surface area contributed by atoms with Crippen molar-refractivity contribution in [3.8, 4) is 5.75 Å². The first-order valence-corrected chi connectivity index (χ1v) is 12.9. The van der Waals surface area contributed by atoms with Crippen LogP contribution < -0.4 is 4.74 Å². The van der Waals surface area contributed by atoms with Gasteiger partial charge in [-0.05, 0) is 73.5 Å². The van der Waals surface area contributed by atoms with Gasteiger partial charge < -0.3 is 9.30 Å². The van der Waals surface area contributed by atoms with E-state index in [1.807, 2.05) is 66.7 Å². The summed E-state index contributed by atoms with van der Waals surface area (Å²) in [5.74, 6) is 0.743. The van der Waals surface area contributed by atoms with Gasteiger partial charge in [-0.15, -0.1) is 0 Å². The van der Waals surface area contributed by atoms with Gasteiger partial charge in [0.15, 0.2) is 11.6 Å². The molecule has 0 radical (unpaired) electrons. The Hall–Kier alpha value is -3.66. The summed E-state index contributed by atoms with van der Waals surface area (Å²) in [6.07, 6.45) is 10.8. The van der Waals surface area contributed by atoms with E-state index in [0.29, 0.717) is 11.1 Å². The van der Waals surface area contributed by atoms with E-state index < -0.39 is 0 Å². The van der Waals surface area contributed by atoms with Crippen LogP contribution in [0.1, 0.15) is 78.7 Å². The van der Waals surface area contributed by atoms with Gasteiger partial charge in [0.05, 0.1) is 7.11 Å². The van der Waals surface area contributed by atoms with Crippen molar-refractivity contribution < 1.29 is 14.3 Å². The van der Waals surface area contributed by atoms with Gasteiger partial charge in [0.25, 0.3) is 0 Å². The van der Waals surface area contributed by atoms with Gasteiger partial charge >= 0.3 is 0 Å². The molecule has 0 amide bonds. The normalized spacial score (nSPS) is 11.5. The Kier molecular flexibility index (Phi) is 8.37. The highest BCUT2D eigenvalue weighted by atomic mass is 16.5. The van der Waals surface area contributed by atoms with Gasteiger partial charge in [-0.25, -0.2) is 0 Å². The molecule has 186 valence electrons. The van der Waals surface area contributed by atoms with Crippen molar-refractivity contribution in [2.45, 2.75) is 58.9 Å². The van der Waals surface area contributed by atoms with Crippen LogP contribution in [0.15, 0.2) is 66.7 Å². The molecule has 0 aliphatic heterocycles.